The SMILES string of the molecule is NCc1cc2cnncc2[nH]1. The fourth-order valence-electron chi connectivity index (χ4n) is 1.06. The number of fused-ring (bicyclic) bond motifs is 1. The van der Waals surface area contributed by atoms with Gasteiger partial charge in [-0.2, -0.15) is 10.2 Å². The van der Waals surface area contributed by atoms with E-state index in [0.717, 1.165) is 16.6 Å². The third-order valence-electron chi connectivity index (χ3n) is 1.61. The summed E-state index contributed by atoms with van der Waals surface area (Å²) in [5, 5.41) is 8.54. The van der Waals surface area contributed by atoms with Gasteiger partial charge in [-0.05, 0) is 6.07 Å². The van der Waals surface area contributed by atoms with Crippen LogP contribution < -0.4 is 5.73 Å². The number of hydrogen-bond acceptors (Lipinski definition) is 3. The molecule has 11 heavy (non-hydrogen) atoms. The van der Waals surface area contributed by atoms with Crippen LogP contribution in [0.1, 0.15) is 5.69 Å². The van der Waals surface area contributed by atoms with E-state index in [2.05, 4.69) is 15.2 Å². The molecule has 0 saturated heterocycles. The summed E-state index contributed by atoms with van der Waals surface area (Å²) >= 11 is 0. The first-order chi connectivity index (χ1) is 5.40. The highest BCUT2D eigenvalue weighted by Gasteiger charge is 1.97. The highest BCUT2D eigenvalue weighted by Crippen LogP contribution is 2.11. The molecular formula is C7H8N4. The predicted octanol–water partition coefficient (Wildman–Crippen LogP) is 0.417. The molecule has 4 nitrogen and oxygen atoms in total. The second-order valence-corrected chi connectivity index (χ2v) is 2.36. The van der Waals surface area contributed by atoms with Crippen LogP contribution in [0.4, 0.5) is 0 Å². The summed E-state index contributed by atoms with van der Waals surface area (Å²) < 4.78 is 0. The second-order valence-electron chi connectivity index (χ2n) is 2.36. The van der Waals surface area contributed by atoms with Crippen LogP contribution in [0.25, 0.3) is 10.9 Å². The molecule has 4 heteroatoms. The molecule has 0 spiro atoms. The standard InChI is InChI=1S/C7H8N4/c8-2-6-1-5-3-9-10-4-7(5)11-6/h1,3-4,11H,2,8H2. The van der Waals surface area contributed by atoms with Crippen molar-refractivity contribution in [1.29, 1.82) is 0 Å². The molecule has 0 aromatic carbocycles. The summed E-state index contributed by atoms with van der Waals surface area (Å²) in [6.07, 6.45) is 3.40. The van der Waals surface area contributed by atoms with Crippen LogP contribution in [0.5, 0.6) is 0 Å². The van der Waals surface area contributed by atoms with Crippen LogP contribution in [0, 0.1) is 0 Å². The Morgan fingerprint density at radius 1 is 1.36 bits per heavy atom. The van der Waals surface area contributed by atoms with Gasteiger partial charge in [0.05, 0.1) is 17.9 Å². The number of aromatic amines is 1. The van der Waals surface area contributed by atoms with Crippen molar-refractivity contribution in [3.05, 3.63) is 24.2 Å². The zero-order valence-electron chi connectivity index (χ0n) is 5.91. The van der Waals surface area contributed by atoms with E-state index in [9.17, 15) is 0 Å². The van der Waals surface area contributed by atoms with Crippen molar-refractivity contribution in [1.82, 2.24) is 15.2 Å². The molecule has 0 amide bonds. The van der Waals surface area contributed by atoms with E-state index >= 15 is 0 Å². The molecule has 0 bridgehead atoms. The smallest absolute Gasteiger partial charge is 0.0737 e. The lowest BCUT2D eigenvalue weighted by Gasteiger charge is -1.84. The minimum Gasteiger partial charge on any atom is -0.356 e. The molecule has 0 atom stereocenters. The van der Waals surface area contributed by atoms with Gasteiger partial charge >= 0.3 is 0 Å². The lowest BCUT2D eigenvalue weighted by atomic mass is 10.3. The van der Waals surface area contributed by atoms with Crippen LogP contribution in [-0.2, 0) is 6.54 Å². The highest BCUT2D eigenvalue weighted by atomic mass is 15.1. The molecule has 0 fully saturated rings. The molecule has 0 aliphatic carbocycles. The maximum Gasteiger partial charge on any atom is 0.0737 e. The monoisotopic (exact) mass is 148 g/mol. The molecule has 2 heterocycles. The van der Waals surface area contributed by atoms with E-state index in [-0.39, 0.29) is 0 Å². The zero-order valence-corrected chi connectivity index (χ0v) is 5.91. The summed E-state index contributed by atoms with van der Waals surface area (Å²) in [4.78, 5) is 3.12. The fourth-order valence-corrected chi connectivity index (χ4v) is 1.06. The summed E-state index contributed by atoms with van der Waals surface area (Å²) in [5.74, 6) is 0. The second kappa shape index (κ2) is 2.32. The van der Waals surface area contributed by atoms with Crippen molar-refractivity contribution in [2.75, 3.05) is 0 Å². The first-order valence-corrected chi connectivity index (χ1v) is 3.38. The van der Waals surface area contributed by atoms with Crippen LogP contribution in [0.3, 0.4) is 0 Å². The molecule has 0 aliphatic rings. The van der Waals surface area contributed by atoms with Crippen LogP contribution >= 0.6 is 0 Å². The molecule has 2 aromatic rings. The third kappa shape index (κ3) is 0.969. The summed E-state index contributed by atoms with van der Waals surface area (Å²) in [7, 11) is 0. The molecule has 3 N–H and O–H groups in total. The summed E-state index contributed by atoms with van der Waals surface area (Å²) in [5.41, 5.74) is 7.44. The van der Waals surface area contributed by atoms with Gasteiger partial charge < -0.3 is 10.7 Å². The van der Waals surface area contributed by atoms with Crippen LogP contribution in [0.2, 0.25) is 0 Å². The van der Waals surface area contributed by atoms with Crippen molar-refractivity contribution in [2.45, 2.75) is 6.54 Å². The normalized spacial score (nSPS) is 10.6. The first-order valence-electron chi connectivity index (χ1n) is 3.38. The van der Waals surface area contributed by atoms with Crippen molar-refractivity contribution >= 4 is 10.9 Å². The number of aromatic nitrogens is 3. The van der Waals surface area contributed by atoms with E-state index in [0.29, 0.717) is 6.54 Å². The Morgan fingerprint density at radius 3 is 2.91 bits per heavy atom. The molecule has 0 radical (unpaired) electrons. The Balaban J connectivity index is 2.69. The topological polar surface area (TPSA) is 67.6 Å². The van der Waals surface area contributed by atoms with Gasteiger partial charge in [-0.25, -0.2) is 0 Å². The molecule has 0 aliphatic heterocycles. The Hall–Kier alpha value is -1.42. The number of rotatable bonds is 1. The maximum atomic E-state index is 5.44. The van der Waals surface area contributed by atoms with Gasteiger partial charge in [0.25, 0.3) is 0 Å². The lowest BCUT2D eigenvalue weighted by molar-refractivity contribution is 1.01. The number of nitrogens with zero attached hydrogens (tertiary/aromatic N) is 2. The molecule has 0 unspecified atom stereocenters. The van der Waals surface area contributed by atoms with E-state index in [1.807, 2.05) is 6.07 Å². The highest BCUT2D eigenvalue weighted by molar-refractivity contribution is 5.78. The molecule has 0 saturated carbocycles. The van der Waals surface area contributed by atoms with Crippen molar-refractivity contribution in [3.63, 3.8) is 0 Å². The van der Waals surface area contributed by atoms with Gasteiger partial charge in [0, 0.05) is 17.6 Å². The van der Waals surface area contributed by atoms with E-state index < -0.39 is 0 Å². The average Bonchev–Trinajstić information content (AvgIpc) is 2.46. The molecule has 56 valence electrons. The minimum atomic E-state index is 0.522. The van der Waals surface area contributed by atoms with Crippen LogP contribution in [-0.4, -0.2) is 15.2 Å². The maximum absolute atomic E-state index is 5.44. The first kappa shape index (κ1) is 6.30. The number of hydrogen-bond donors (Lipinski definition) is 2. The minimum absolute atomic E-state index is 0.522. The Bertz CT molecular complexity index is 332. The number of nitrogens with one attached hydrogen (secondary N) is 1. The van der Waals surface area contributed by atoms with Crippen molar-refractivity contribution < 1.29 is 0 Å². The van der Waals surface area contributed by atoms with E-state index in [4.69, 9.17) is 5.73 Å². The Morgan fingerprint density at radius 2 is 2.18 bits per heavy atom. The van der Waals surface area contributed by atoms with Crippen molar-refractivity contribution in [3.8, 4) is 0 Å². The van der Waals surface area contributed by atoms with Gasteiger partial charge in [-0.3, -0.25) is 0 Å². The zero-order chi connectivity index (χ0) is 7.68. The summed E-state index contributed by atoms with van der Waals surface area (Å²) in [6, 6.07) is 1.98. The van der Waals surface area contributed by atoms with E-state index in [1.165, 1.54) is 0 Å². The largest absolute Gasteiger partial charge is 0.356 e. The van der Waals surface area contributed by atoms with Gasteiger partial charge in [0.2, 0.25) is 0 Å². The molecule has 2 rings (SSSR count). The van der Waals surface area contributed by atoms with Gasteiger partial charge in [-0.15, -0.1) is 0 Å². The predicted molar refractivity (Wildman–Crippen MR) is 41.8 cm³/mol. The van der Waals surface area contributed by atoms with Gasteiger partial charge in [0.15, 0.2) is 0 Å². The Labute approximate surface area is 63.4 Å². The van der Waals surface area contributed by atoms with Crippen molar-refractivity contribution in [2.24, 2.45) is 5.73 Å². The van der Waals surface area contributed by atoms with Crippen LogP contribution in [0.15, 0.2) is 18.5 Å². The molecular weight excluding hydrogens is 140 g/mol. The number of H-pyrrole nitrogens is 1. The molecule has 2 aromatic heterocycles. The van der Waals surface area contributed by atoms with Gasteiger partial charge in [-0.1, -0.05) is 0 Å². The summed E-state index contributed by atoms with van der Waals surface area (Å²) in [6.45, 7) is 0.522. The number of nitrogens with two attached hydrogens (primary N) is 1. The Kier molecular flexibility index (Phi) is 1.33. The third-order valence-corrected chi connectivity index (χ3v) is 1.61. The van der Waals surface area contributed by atoms with Gasteiger partial charge in [0.1, 0.15) is 0 Å². The average molecular weight is 148 g/mol. The van der Waals surface area contributed by atoms with E-state index in [1.54, 1.807) is 12.4 Å². The fraction of sp³-hybridized carbons (Fsp3) is 0.143. The lowest BCUT2D eigenvalue weighted by Crippen LogP contribution is -1.94. The quantitative estimate of drug-likeness (QED) is 0.615.